The summed E-state index contributed by atoms with van der Waals surface area (Å²) in [5.41, 5.74) is 1.86. The van der Waals surface area contributed by atoms with Crippen molar-refractivity contribution >= 4 is 28.5 Å². The van der Waals surface area contributed by atoms with Gasteiger partial charge in [0.25, 0.3) is 0 Å². The predicted molar refractivity (Wildman–Crippen MR) is 96.2 cm³/mol. The summed E-state index contributed by atoms with van der Waals surface area (Å²) in [7, 11) is 0. The number of carbonyl (C=O) groups is 1. The minimum Gasteiger partial charge on any atom is -0.476 e. The number of aromatic nitrogens is 2. The largest absolute Gasteiger partial charge is 0.476 e. The van der Waals surface area contributed by atoms with E-state index in [0.29, 0.717) is 16.6 Å². The lowest BCUT2D eigenvalue weighted by molar-refractivity contribution is -0.152. The van der Waals surface area contributed by atoms with E-state index in [9.17, 15) is 18.8 Å². The summed E-state index contributed by atoms with van der Waals surface area (Å²) < 4.78 is 29.3. The summed E-state index contributed by atoms with van der Waals surface area (Å²) in [6.07, 6.45) is 3.39. The summed E-state index contributed by atoms with van der Waals surface area (Å²) in [6.45, 7) is 0. The van der Waals surface area contributed by atoms with E-state index in [1.807, 2.05) is 6.07 Å². The van der Waals surface area contributed by atoms with Crippen LogP contribution in [0.1, 0.15) is 30.0 Å². The molecule has 0 aliphatic heterocycles. The van der Waals surface area contributed by atoms with Gasteiger partial charge in [0.05, 0.1) is 23.5 Å². The molecular formula is C19H13F2N3O2S. The Morgan fingerprint density at radius 1 is 1.26 bits per heavy atom. The number of alkyl halides is 2. The fraction of sp³-hybridized carbons (Fsp3) is 0.211. The highest BCUT2D eigenvalue weighted by Gasteiger charge is 2.43. The number of halogens is 2. The molecule has 0 radical (unpaired) electrons. The van der Waals surface area contributed by atoms with E-state index in [-0.39, 0.29) is 22.8 Å². The van der Waals surface area contributed by atoms with E-state index in [0.717, 1.165) is 23.9 Å². The number of thioether (sulfide) groups is 1. The van der Waals surface area contributed by atoms with Crippen LogP contribution in [0.3, 0.4) is 0 Å². The Morgan fingerprint density at radius 2 is 1.96 bits per heavy atom. The molecule has 0 bridgehead atoms. The number of hydrogen-bond acceptors (Lipinski definition) is 4. The van der Waals surface area contributed by atoms with Gasteiger partial charge in [-0.05, 0) is 36.7 Å². The van der Waals surface area contributed by atoms with Crippen molar-refractivity contribution in [3.63, 3.8) is 0 Å². The average Bonchev–Trinajstić information content (AvgIpc) is 3.42. The van der Waals surface area contributed by atoms with Crippen molar-refractivity contribution in [2.45, 2.75) is 29.2 Å². The van der Waals surface area contributed by atoms with Crippen LogP contribution in [0.15, 0.2) is 47.8 Å². The van der Waals surface area contributed by atoms with Crippen molar-refractivity contribution in [2.24, 2.45) is 0 Å². The van der Waals surface area contributed by atoms with E-state index >= 15 is 0 Å². The Morgan fingerprint density at radius 3 is 2.59 bits per heavy atom. The Labute approximate surface area is 157 Å². The van der Waals surface area contributed by atoms with Crippen molar-refractivity contribution in [1.29, 1.82) is 5.26 Å². The van der Waals surface area contributed by atoms with Crippen molar-refractivity contribution < 1.29 is 18.7 Å². The summed E-state index contributed by atoms with van der Waals surface area (Å²) in [4.78, 5) is 15.0. The molecule has 0 saturated heterocycles. The SMILES string of the molecule is N#Cc1ccc(-n2c(C3CC3)cnc2SC(F)(F)C(=O)O)c2ccccc12. The second-order valence-electron chi connectivity index (χ2n) is 6.29. The van der Waals surface area contributed by atoms with Gasteiger partial charge in [-0.15, -0.1) is 0 Å². The second kappa shape index (κ2) is 6.35. The zero-order chi connectivity index (χ0) is 19.2. The van der Waals surface area contributed by atoms with Crippen LogP contribution in [0, 0.1) is 11.3 Å². The molecule has 1 N–H and O–H groups in total. The monoisotopic (exact) mass is 385 g/mol. The molecule has 0 unspecified atom stereocenters. The Balaban J connectivity index is 1.94. The van der Waals surface area contributed by atoms with Crippen LogP contribution in [-0.4, -0.2) is 25.9 Å². The summed E-state index contributed by atoms with van der Waals surface area (Å²) >= 11 is -0.0861. The molecule has 1 saturated carbocycles. The zero-order valence-corrected chi connectivity index (χ0v) is 14.7. The molecule has 1 fully saturated rings. The van der Waals surface area contributed by atoms with Gasteiger partial charge in [-0.2, -0.15) is 14.0 Å². The average molecular weight is 385 g/mol. The summed E-state index contributed by atoms with van der Waals surface area (Å²) in [5, 5.41) is 15.5. The smallest absolute Gasteiger partial charge is 0.395 e. The third-order valence-electron chi connectivity index (χ3n) is 4.48. The van der Waals surface area contributed by atoms with Crippen molar-refractivity contribution in [1.82, 2.24) is 9.55 Å². The van der Waals surface area contributed by atoms with E-state index < -0.39 is 11.2 Å². The van der Waals surface area contributed by atoms with Crippen LogP contribution in [0.2, 0.25) is 0 Å². The molecule has 3 aromatic rings. The molecule has 4 rings (SSSR count). The topological polar surface area (TPSA) is 78.9 Å². The van der Waals surface area contributed by atoms with Crippen molar-refractivity contribution in [2.75, 3.05) is 0 Å². The van der Waals surface area contributed by atoms with Gasteiger partial charge in [-0.3, -0.25) is 4.57 Å². The first-order chi connectivity index (χ1) is 12.9. The number of aliphatic carboxylic acids is 1. The van der Waals surface area contributed by atoms with Crippen molar-refractivity contribution in [3.8, 4) is 11.8 Å². The maximum Gasteiger partial charge on any atom is 0.395 e. The second-order valence-corrected chi connectivity index (χ2v) is 7.37. The van der Waals surface area contributed by atoms with Gasteiger partial charge in [0, 0.05) is 22.4 Å². The molecule has 1 aliphatic carbocycles. The maximum atomic E-state index is 13.9. The Hall–Kier alpha value is -2.92. The highest BCUT2D eigenvalue weighted by molar-refractivity contribution is 8.00. The number of rotatable bonds is 5. The van der Waals surface area contributed by atoms with Gasteiger partial charge < -0.3 is 5.11 Å². The lowest BCUT2D eigenvalue weighted by Crippen LogP contribution is -2.24. The van der Waals surface area contributed by atoms with Gasteiger partial charge in [0.1, 0.15) is 0 Å². The minimum absolute atomic E-state index is 0.0841. The van der Waals surface area contributed by atoms with E-state index in [2.05, 4.69) is 11.1 Å². The van der Waals surface area contributed by atoms with E-state index in [1.54, 1.807) is 34.9 Å². The maximum absolute atomic E-state index is 13.9. The van der Waals surface area contributed by atoms with Crippen LogP contribution in [0.25, 0.3) is 16.5 Å². The Bertz CT molecular complexity index is 1100. The first-order valence-corrected chi connectivity index (χ1v) is 9.04. The third-order valence-corrected chi connectivity index (χ3v) is 5.38. The van der Waals surface area contributed by atoms with Crippen LogP contribution < -0.4 is 0 Å². The van der Waals surface area contributed by atoms with E-state index in [1.165, 1.54) is 6.20 Å². The molecule has 1 heterocycles. The van der Waals surface area contributed by atoms with Crippen LogP contribution >= 0.6 is 11.8 Å². The molecule has 1 aromatic heterocycles. The number of carboxylic acid groups (broad SMARTS) is 1. The predicted octanol–water partition coefficient (Wildman–Crippen LogP) is 4.54. The molecule has 1 aliphatic rings. The lowest BCUT2D eigenvalue weighted by atomic mass is 10.0. The number of benzene rings is 2. The van der Waals surface area contributed by atoms with Gasteiger partial charge in [0.15, 0.2) is 5.16 Å². The normalized spacial score (nSPS) is 14.3. The number of nitriles is 1. The molecule has 0 atom stereocenters. The van der Waals surface area contributed by atoms with Crippen LogP contribution in [0.5, 0.6) is 0 Å². The third kappa shape index (κ3) is 3.04. The summed E-state index contributed by atoms with van der Waals surface area (Å²) in [5.74, 6) is -2.00. The molecule has 27 heavy (non-hydrogen) atoms. The fourth-order valence-electron chi connectivity index (χ4n) is 3.06. The Kier molecular flexibility index (Phi) is 4.12. The van der Waals surface area contributed by atoms with E-state index in [4.69, 9.17) is 5.11 Å². The van der Waals surface area contributed by atoms with Crippen LogP contribution in [0.4, 0.5) is 8.78 Å². The fourth-order valence-corrected chi connectivity index (χ4v) is 3.78. The number of imidazole rings is 1. The first kappa shape index (κ1) is 17.5. The minimum atomic E-state index is -3.99. The standard InChI is InChI=1S/C19H13F2N3O2S/c20-19(21,17(25)26)27-18-23-10-16(11-5-6-11)24(18)15-8-7-12(9-22)13-3-1-2-4-14(13)15/h1-4,7-8,10-11H,5-6H2,(H,25,26). The quantitative estimate of drug-likeness (QED) is 0.652. The molecule has 2 aromatic carbocycles. The molecule has 5 nitrogen and oxygen atoms in total. The highest BCUT2D eigenvalue weighted by atomic mass is 32.2. The lowest BCUT2D eigenvalue weighted by Gasteiger charge is -2.16. The summed E-state index contributed by atoms with van der Waals surface area (Å²) in [6, 6.07) is 12.7. The number of hydrogen-bond donors (Lipinski definition) is 1. The zero-order valence-electron chi connectivity index (χ0n) is 13.9. The van der Waals surface area contributed by atoms with Gasteiger partial charge in [-0.25, -0.2) is 9.78 Å². The first-order valence-electron chi connectivity index (χ1n) is 8.22. The van der Waals surface area contributed by atoms with Gasteiger partial charge in [-0.1, -0.05) is 24.3 Å². The number of nitrogens with zero attached hydrogens (tertiary/aromatic N) is 3. The molecule has 8 heteroatoms. The molecule has 0 spiro atoms. The van der Waals surface area contributed by atoms with Crippen molar-refractivity contribution in [3.05, 3.63) is 53.9 Å². The number of carboxylic acids is 1. The number of fused-ring (bicyclic) bond motifs is 1. The van der Waals surface area contributed by atoms with Gasteiger partial charge in [0.2, 0.25) is 0 Å². The molecular weight excluding hydrogens is 372 g/mol. The van der Waals surface area contributed by atoms with Crippen LogP contribution in [-0.2, 0) is 4.79 Å². The van der Waals surface area contributed by atoms with Gasteiger partial charge >= 0.3 is 11.2 Å². The molecule has 136 valence electrons. The highest BCUT2D eigenvalue weighted by Crippen LogP contribution is 2.45. The molecule has 0 amide bonds.